The van der Waals surface area contributed by atoms with Crippen LogP contribution in [0.2, 0.25) is 0 Å². The van der Waals surface area contributed by atoms with E-state index in [2.05, 4.69) is 9.88 Å². The molecule has 152 valence electrons. The van der Waals surface area contributed by atoms with Gasteiger partial charge in [0, 0.05) is 42.8 Å². The lowest BCUT2D eigenvalue weighted by Crippen LogP contribution is -2.49. The van der Waals surface area contributed by atoms with E-state index < -0.39 is 11.7 Å². The number of piperazine rings is 1. The van der Waals surface area contributed by atoms with E-state index in [4.69, 9.17) is 0 Å². The molecule has 29 heavy (non-hydrogen) atoms. The summed E-state index contributed by atoms with van der Waals surface area (Å²) in [6, 6.07) is 13.6. The van der Waals surface area contributed by atoms with Crippen molar-refractivity contribution in [2.75, 3.05) is 31.1 Å². The summed E-state index contributed by atoms with van der Waals surface area (Å²) in [5.41, 5.74) is 2.02. The molecule has 2 aromatic carbocycles. The van der Waals surface area contributed by atoms with Crippen LogP contribution in [-0.2, 0) is 12.6 Å². The van der Waals surface area contributed by atoms with Crippen molar-refractivity contribution in [3.8, 4) is 0 Å². The van der Waals surface area contributed by atoms with Gasteiger partial charge in [0.15, 0.2) is 0 Å². The summed E-state index contributed by atoms with van der Waals surface area (Å²) in [5, 5.41) is 0.466. The minimum Gasteiger partial charge on any atom is -0.368 e. The van der Waals surface area contributed by atoms with E-state index in [-0.39, 0.29) is 5.91 Å². The number of carbonyl (C=O) groups is 1. The summed E-state index contributed by atoms with van der Waals surface area (Å²) in [5.74, 6) is -0.153. The maximum Gasteiger partial charge on any atom is 0.416 e. The second kappa shape index (κ2) is 7.46. The first-order chi connectivity index (χ1) is 13.9. The highest BCUT2D eigenvalue weighted by molar-refractivity contribution is 6.01. The number of halogens is 3. The molecule has 2 heterocycles. The molecule has 0 bridgehead atoms. The van der Waals surface area contributed by atoms with Gasteiger partial charge < -0.3 is 14.8 Å². The number of fused-ring (bicyclic) bond motifs is 1. The van der Waals surface area contributed by atoms with E-state index in [1.54, 1.807) is 4.90 Å². The first kappa shape index (κ1) is 19.4. The third kappa shape index (κ3) is 3.69. The standard InChI is InChI=1S/C22H22F3N3O/c1-2-17-18-14-15(22(23,24)25)8-9-19(18)26-20(17)21(29)28-12-10-27(11-13-28)16-6-4-3-5-7-16/h3-9,14,26H,2,10-13H2,1H3. The monoisotopic (exact) mass is 401 g/mol. The van der Waals surface area contributed by atoms with Crippen molar-refractivity contribution in [3.63, 3.8) is 0 Å². The van der Waals surface area contributed by atoms with Gasteiger partial charge in [-0.05, 0) is 42.3 Å². The summed E-state index contributed by atoms with van der Waals surface area (Å²) in [6.45, 7) is 4.43. The molecule has 1 aliphatic heterocycles. The lowest BCUT2D eigenvalue weighted by molar-refractivity contribution is -0.137. The summed E-state index contributed by atoms with van der Waals surface area (Å²) in [4.78, 5) is 20.2. The number of aryl methyl sites for hydroxylation is 1. The van der Waals surface area contributed by atoms with Crippen LogP contribution >= 0.6 is 0 Å². The maximum atomic E-state index is 13.1. The number of carbonyl (C=O) groups excluding carboxylic acids is 1. The SMILES string of the molecule is CCc1c(C(=O)N2CCN(c3ccccc3)CC2)[nH]c2ccc(C(F)(F)F)cc12. The number of hydrogen-bond acceptors (Lipinski definition) is 2. The molecule has 0 atom stereocenters. The van der Waals surface area contributed by atoms with Gasteiger partial charge in [0.2, 0.25) is 0 Å². The highest BCUT2D eigenvalue weighted by atomic mass is 19.4. The molecule has 0 spiro atoms. The molecule has 4 nitrogen and oxygen atoms in total. The molecule has 7 heteroatoms. The number of nitrogens with one attached hydrogen (secondary N) is 1. The smallest absolute Gasteiger partial charge is 0.368 e. The molecule has 0 aliphatic carbocycles. The Hall–Kier alpha value is -2.96. The van der Waals surface area contributed by atoms with E-state index >= 15 is 0 Å². The maximum absolute atomic E-state index is 13.1. The van der Waals surface area contributed by atoms with E-state index in [0.29, 0.717) is 41.7 Å². The van der Waals surface area contributed by atoms with Crippen LogP contribution in [0.1, 0.15) is 28.5 Å². The fourth-order valence-electron chi connectivity index (χ4n) is 3.94. The van der Waals surface area contributed by atoms with Gasteiger partial charge in [-0.15, -0.1) is 0 Å². The number of nitrogens with zero attached hydrogens (tertiary/aromatic N) is 2. The summed E-state index contributed by atoms with van der Waals surface area (Å²) in [7, 11) is 0. The zero-order chi connectivity index (χ0) is 20.6. The number of aromatic amines is 1. The number of para-hydroxylation sites is 1. The molecule has 1 fully saturated rings. The first-order valence-corrected chi connectivity index (χ1v) is 9.69. The Morgan fingerprint density at radius 3 is 2.34 bits per heavy atom. The van der Waals surface area contributed by atoms with Gasteiger partial charge in [0.25, 0.3) is 5.91 Å². The van der Waals surface area contributed by atoms with Crippen LogP contribution in [0.15, 0.2) is 48.5 Å². The molecule has 1 aromatic heterocycles. The van der Waals surface area contributed by atoms with Gasteiger partial charge in [-0.2, -0.15) is 13.2 Å². The van der Waals surface area contributed by atoms with Gasteiger partial charge in [-0.1, -0.05) is 25.1 Å². The number of benzene rings is 2. The van der Waals surface area contributed by atoms with Gasteiger partial charge in [0.05, 0.1) is 5.56 Å². The van der Waals surface area contributed by atoms with Crippen molar-refractivity contribution in [1.82, 2.24) is 9.88 Å². The van der Waals surface area contributed by atoms with Gasteiger partial charge in [-0.25, -0.2) is 0 Å². The van der Waals surface area contributed by atoms with Crippen LogP contribution in [0, 0.1) is 0 Å². The van der Waals surface area contributed by atoms with Gasteiger partial charge >= 0.3 is 6.18 Å². The number of rotatable bonds is 3. The molecule has 3 aromatic rings. The van der Waals surface area contributed by atoms with Crippen LogP contribution in [-0.4, -0.2) is 42.0 Å². The second-order valence-electron chi connectivity index (χ2n) is 7.21. The number of alkyl halides is 3. The predicted molar refractivity (Wildman–Crippen MR) is 107 cm³/mol. The third-order valence-electron chi connectivity index (χ3n) is 5.49. The van der Waals surface area contributed by atoms with Crippen molar-refractivity contribution in [2.45, 2.75) is 19.5 Å². The van der Waals surface area contributed by atoms with Gasteiger partial charge in [0.1, 0.15) is 5.69 Å². The minimum atomic E-state index is -4.41. The molecule has 0 saturated carbocycles. The van der Waals surface area contributed by atoms with Crippen LogP contribution in [0.4, 0.5) is 18.9 Å². The Morgan fingerprint density at radius 1 is 1.03 bits per heavy atom. The summed E-state index contributed by atoms with van der Waals surface area (Å²) < 4.78 is 39.3. The Bertz CT molecular complexity index is 1020. The lowest BCUT2D eigenvalue weighted by atomic mass is 10.0. The topological polar surface area (TPSA) is 39.3 Å². The van der Waals surface area contributed by atoms with Crippen LogP contribution < -0.4 is 4.90 Å². The third-order valence-corrected chi connectivity index (χ3v) is 5.49. The van der Waals surface area contributed by atoms with Crippen LogP contribution in [0.25, 0.3) is 10.9 Å². The molecule has 4 rings (SSSR count). The Balaban J connectivity index is 1.57. The fourth-order valence-corrected chi connectivity index (χ4v) is 3.94. The fraction of sp³-hybridized carbons (Fsp3) is 0.318. The van der Waals surface area contributed by atoms with Crippen LogP contribution in [0.5, 0.6) is 0 Å². The molecule has 0 unspecified atom stereocenters. The van der Waals surface area contributed by atoms with E-state index in [1.807, 2.05) is 37.3 Å². The van der Waals surface area contributed by atoms with Crippen molar-refractivity contribution in [1.29, 1.82) is 0 Å². The first-order valence-electron chi connectivity index (χ1n) is 9.69. The molecule has 1 saturated heterocycles. The summed E-state index contributed by atoms with van der Waals surface area (Å²) >= 11 is 0. The number of anilines is 1. The van der Waals surface area contributed by atoms with Crippen molar-refractivity contribution >= 4 is 22.5 Å². The zero-order valence-electron chi connectivity index (χ0n) is 16.1. The number of aromatic nitrogens is 1. The number of H-pyrrole nitrogens is 1. The molecular formula is C22H22F3N3O. The summed E-state index contributed by atoms with van der Waals surface area (Å²) in [6.07, 6.45) is -3.93. The average molecular weight is 401 g/mol. The average Bonchev–Trinajstić information content (AvgIpc) is 3.11. The highest BCUT2D eigenvalue weighted by Crippen LogP contribution is 2.33. The van der Waals surface area contributed by atoms with Gasteiger partial charge in [-0.3, -0.25) is 4.79 Å². The molecule has 1 aliphatic rings. The number of hydrogen-bond donors (Lipinski definition) is 1. The lowest BCUT2D eigenvalue weighted by Gasteiger charge is -2.36. The second-order valence-corrected chi connectivity index (χ2v) is 7.21. The Morgan fingerprint density at radius 2 is 1.72 bits per heavy atom. The molecular weight excluding hydrogens is 379 g/mol. The highest BCUT2D eigenvalue weighted by Gasteiger charge is 2.32. The van der Waals surface area contributed by atoms with E-state index in [9.17, 15) is 18.0 Å². The quantitative estimate of drug-likeness (QED) is 0.690. The molecule has 1 N–H and O–H groups in total. The van der Waals surface area contributed by atoms with Crippen molar-refractivity contribution in [3.05, 3.63) is 65.4 Å². The Kier molecular flexibility index (Phi) is 4.98. The van der Waals surface area contributed by atoms with E-state index in [0.717, 1.165) is 30.9 Å². The predicted octanol–water partition coefficient (Wildman–Crippen LogP) is 4.71. The van der Waals surface area contributed by atoms with Crippen LogP contribution in [0.3, 0.4) is 0 Å². The van der Waals surface area contributed by atoms with Crippen molar-refractivity contribution < 1.29 is 18.0 Å². The molecule has 0 radical (unpaired) electrons. The minimum absolute atomic E-state index is 0.153. The van der Waals surface area contributed by atoms with E-state index in [1.165, 1.54) is 6.07 Å². The Labute approximate surface area is 166 Å². The van der Waals surface area contributed by atoms with Crippen molar-refractivity contribution in [2.24, 2.45) is 0 Å². The number of amides is 1. The normalized spacial score (nSPS) is 15.2. The molecule has 1 amide bonds. The largest absolute Gasteiger partial charge is 0.416 e. The zero-order valence-corrected chi connectivity index (χ0v) is 16.1.